The van der Waals surface area contributed by atoms with Crippen molar-refractivity contribution in [2.45, 2.75) is 9.96 Å². The van der Waals surface area contributed by atoms with Crippen LogP contribution in [-0.4, -0.2) is 20.8 Å². The van der Waals surface area contributed by atoms with E-state index in [1.165, 1.54) is 12.3 Å². The van der Waals surface area contributed by atoms with Gasteiger partial charge in [0, 0.05) is 6.20 Å². The Morgan fingerprint density at radius 1 is 1.25 bits per heavy atom. The maximum atomic E-state index is 11.9. The quantitative estimate of drug-likeness (QED) is 0.665. The summed E-state index contributed by atoms with van der Waals surface area (Å²) in [7, 11) is 0. The van der Waals surface area contributed by atoms with Gasteiger partial charge in [-0.2, -0.15) is 0 Å². The molecule has 0 aliphatic carbocycles. The van der Waals surface area contributed by atoms with E-state index >= 15 is 0 Å². The van der Waals surface area contributed by atoms with Crippen molar-refractivity contribution in [3.05, 3.63) is 48.6 Å². The van der Waals surface area contributed by atoms with E-state index in [1.54, 1.807) is 30.5 Å². The van der Waals surface area contributed by atoms with Crippen LogP contribution in [0.25, 0.3) is 0 Å². The topological polar surface area (TPSA) is 67.2 Å². The minimum absolute atomic E-state index is 0.118. The Balaban J connectivity index is 2.11. The minimum Gasteiger partial charge on any atom is -0.459 e. The molecule has 2 N–H and O–H groups in total. The molecule has 5 nitrogen and oxygen atoms in total. The second-order valence-corrected chi connectivity index (χ2v) is 6.15. The zero-order valence-electron chi connectivity index (χ0n) is 10.0. The van der Waals surface area contributed by atoms with Crippen molar-refractivity contribution >= 4 is 46.5 Å². The molecular formula is C12H10Cl3N3O2. The van der Waals surface area contributed by atoms with Crippen LogP contribution in [0.2, 0.25) is 0 Å². The van der Waals surface area contributed by atoms with Gasteiger partial charge in [0.25, 0.3) is 5.91 Å². The third-order valence-electron chi connectivity index (χ3n) is 2.30. The van der Waals surface area contributed by atoms with Crippen LogP contribution in [0.5, 0.6) is 0 Å². The first-order chi connectivity index (χ1) is 9.47. The summed E-state index contributed by atoms with van der Waals surface area (Å²) in [6, 6.07) is 8.29. The molecule has 2 aromatic rings. The molecule has 0 saturated carbocycles. The first-order valence-corrected chi connectivity index (χ1v) is 6.69. The predicted molar refractivity (Wildman–Crippen MR) is 78.1 cm³/mol. The van der Waals surface area contributed by atoms with Crippen molar-refractivity contribution in [1.29, 1.82) is 0 Å². The maximum absolute atomic E-state index is 11.9. The molecule has 0 unspecified atom stereocenters. The van der Waals surface area contributed by atoms with Gasteiger partial charge in [-0.05, 0) is 24.3 Å². The number of amides is 1. The highest BCUT2D eigenvalue weighted by Gasteiger charge is 2.34. The number of furan rings is 1. The van der Waals surface area contributed by atoms with E-state index < -0.39 is 15.9 Å². The van der Waals surface area contributed by atoms with Gasteiger partial charge in [-0.1, -0.05) is 40.9 Å². The summed E-state index contributed by atoms with van der Waals surface area (Å²) < 4.78 is 3.21. The number of halogens is 3. The number of pyridine rings is 1. The number of nitrogens with zero attached hydrogens (tertiary/aromatic N) is 1. The second kappa shape index (κ2) is 6.35. The molecule has 2 rings (SSSR count). The Morgan fingerprint density at radius 2 is 2.05 bits per heavy atom. The molecule has 2 heterocycles. The van der Waals surface area contributed by atoms with Crippen LogP contribution in [0.1, 0.15) is 10.6 Å². The molecule has 0 spiro atoms. The van der Waals surface area contributed by atoms with Crippen molar-refractivity contribution in [3.8, 4) is 0 Å². The van der Waals surface area contributed by atoms with Crippen LogP contribution < -0.4 is 10.6 Å². The molecule has 0 aromatic carbocycles. The molecule has 1 atom stereocenters. The van der Waals surface area contributed by atoms with Crippen LogP contribution in [0.3, 0.4) is 0 Å². The average molecular weight is 335 g/mol. The minimum atomic E-state index is -1.76. The molecule has 20 heavy (non-hydrogen) atoms. The fourth-order valence-electron chi connectivity index (χ4n) is 1.41. The molecule has 0 aliphatic rings. The van der Waals surface area contributed by atoms with E-state index in [1.807, 2.05) is 0 Å². The zero-order valence-corrected chi connectivity index (χ0v) is 12.3. The summed E-state index contributed by atoms with van der Waals surface area (Å²) in [6.45, 7) is 0. The molecular weight excluding hydrogens is 325 g/mol. The number of aromatic nitrogens is 1. The van der Waals surface area contributed by atoms with Gasteiger partial charge >= 0.3 is 0 Å². The lowest BCUT2D eigenvalue weighted by Crippen LogP contribution is -2.49. The predicted octanol–water partition coefficient (Wildman–Crippen LogP) is 3.21. The fourth-order valence-corrected chi connectivity index (χ4v) is 1.73. The first-order valence-electron chi connectivity index (χ1n) is 5.55. The number of carbonyl (C=O) groups excluding carboxylic acids is 1. The van der Waals surface area contributed by atoms with Crippen LogP contribution in [0.15, 0.2) is 47.2 Å². The molecule has 0 fully saturated rings. The number of nitrogens with one attached hydrogen (secondary N) is 2. The molecule has 0 radical (unpaired) electrons. The van der Waals surface area contributed by atoms with E-state index in [9.17, 15) is 4.79 Å². The molecule has 1 amide bonds. The lowest BCUT2D eigenvalue weighted by molar-refractivity contribution is 0.0914. The van der Waals surface area contributed by atoms with Crippen LogP contribution in [-0.2, 0) is 0 Å². The molecule has 8 heteroatoms. The highest BCUT2D eigenvalue weighted by atomic mass is 35.6. The molecule has 106 valence electrons. The smallest absolute Gasteiger partial charge is 0.288 e. The van der Waals surface area contributed by atoms with Gasteiger partial charge in [-0.25, -0.2) is 4.98 Å². The summed E-state index contributed by atoms with van der Waals surface area (Å²) in [5, 5.41) is 5.36. The number of rotatable bonds is 4. The average Bonchev–Trinajstić information content (AvgIpc) is 2.92. The van der Waals surface area contributed by atoms with Crippen molar-refractivity contribution < 1.29 is 9.21 Å². The first kappa shape index (κ1) is 15.0. The highest BCUT2D eigenvalue weighted by molar-refractivity contribution is 6.68. The van der Waals surface area contributed by atoms with Crippen molar-refractivity contribution in [2.24, 2.45) is 0 Å². The van der Waals surface area contributed by atoms with Crippen molar-refractivity contribution in [1.82, 2.24) is 10.3 Å². The normalized spacial score (nSPS) is 12.8. The molecule has 0 bridgehead atoms. The lowest BCUT2D eigenvalue weighted by atomic mass is 10.4. The summed E-state index contributed by atoms with van der Waals surface area (Å²) in [5.74, 6) is 0.0744. The van der Waals surface area contributed by atoms with E-state index in [0.717, 1.165) is 0 Å². The van der Waals surface area contributed by atoms with Gasteiger partial charge in [-0.3, -0.25) is 4.79 Å². The zero-order chi connectivity index (χ0) is 14.6. The maximum Gasteiger partial charge on any atom is 0.288 e. The Labute approximate surface area is 130 Å². The van der Waals surface area contributed by atoms with Gasteiger partial charge in [0.2, 0.25) is 3.79 Å². The standard InChI is InChI=1S/C12H10Cl3N3O2/c13-12(14,15)11(17-9-5-1-2-6-16-9)18-10(19)8-4-3-7-20-8/h1-7,11H,(H,16,17)(H,18,19)/t11-/m1/s1. The number of hydrogen-bond acceptors (Lipinski definition) is 4. The van der Waals surface area contributed by atoms with E-state index in [0.29, 0.717) is 5.82 Å². The summed E-state index contributed by atoms with van der Waals surface area (Å²) in [6.07, 6.45) is 1.98. The largest absolute Gasteiger partial charge is 0.459 e. The van der Waals surface area contributed by atoms with E-state index in [2.05, 4.69) is 15.6 Å². The van der Waals surface area contributed by atoms with Gasteiger partial charge in [0.15, 0.2) is 5.76 Å². The molecule has 0 saturated heterocycles. The van der Waals surface area contributed by atoms with Gasteiger partial charge < -0.3 is 15.1 Å². The third-order valence-corrected chi connectivity index (χ3v) is 2.96. The highest BCUT2D eigenvalue weighted by Crippen LogP contribution is 2.30. The van der Waals surface area contributed by atoms with Gasteiger partial charge in [-0.15, -0.1) is 0 Å². The molecule has 0 aliphatic heterocycles. The molecule has 2 aromatic heterocycles. The fraction of sp³-hybridized carbons (Fsp3) is 0.167. The van der Waals surface area contributed by atoms with E-state index in [-0.39, 0.29) is 5.76 Å². The van der Waals surface area contributed by atoms with Crippen LogP contribution in [0, 0.1) is 0 Å². The Hall–Kier alpha value is -1.43. The van der Waals surface area contributed by atoms with Crippen LogP contribution in [0.4, 0.5) is 5.82 Å². The van der Waals surface area contributed by atoms with Crippen molar-refractivity contribution in [3.63, 3.8) is 0 Å². The third kappa shape index (κ3) is 4.03. The van der Waals surface area contributed by atoms with Gasteiger partial charge in [0.1, 0.15) is 12.0 Å². The SMILES string of the molecule is O=C(N[C@@H](Nc1ccccn1)C(Cl)(Cl)Cl)c1ccco1. The Kier molecular flexibility index (Phi) is 4.75. The lowest BCUT2D eigenvalue weighted by Gasteiger charge is -2.26. The monoisotopic (exact) mass is 333 g/mol. The van der Waals surface area contributed by atoms with Crippen molar-refractivity contribution in [2.75, 3.05) is 5.32 Å². The summed E-state index contributed by atoms with van der Waals surface area (Å²) in [4.78, 5) is 16.0. The Morgan fingerprint density at radius 3 is 2.60 bits per heavy atom. The van der Waals surface area contributed by atoms with E-state index in [4.69, 9.17) is 39.2 Å². The van der Waals surface area contributed by atoms with Gasteiger partial charge in [0.05, 0.1) is 6.26 Å². The summed E-state index contributed by atoms with van der Waals surface area (Å²) >= 11 is 17.5. The number of hydrogen-bond donors (Lipinski definition) is 2. The summed E-state index contributed by atoms with van der Waals surface area (Å²) in [5.41, 5.74) is 0. The van der Waals surface area contributed by atoms with Crippen LogP contribution >= 0.6 is 34.8 Å². The Bertz CT molecular complexity index is 555. The second-order valence-electron chi connectivity index (χ2n) is 3.78. The number of alkyl halides is 3. The number of carbonyl (C=O) groups is 1. The number of anilines is 1.